The second-order valence-electron chi connectivity index (χ2n) is 6.31. The van der Waals surface area contributed by atoms with Crippen LogP contribution < -0.4 is 10.1 Å². The number of aromatic nitrogens is 1. The van der Waals surface area contributed by atoms with E-state index >= 15 is 0 Å². The number of halogens is 2. The monoisotopic (exact) mass is 416 g/mol. The first-order chi connectivity index (χ1) is 14.4. The zero-order valence-electron chi connectivity index (χ0n) is 15.9. The summed E-state index contributed by atoms with van der Waals surface area (Å²) in [4.78, 5) is 39.6. The second-order valence-corrected chi connectivity index (χ2v) is 6.31. The summed E-state index contributed by atoms with van der Waals surface area (Å²) in [6, 6.07) is 12.6. The molecule has 0 atom stereocenters. The molecule has 9 heteroatoms. The van der Waals surface area contributed by atoms with Crippen LogP contribution in [0.1, 0.15) is 26.4 Å². The number of aryl methyl sites for hydroxylation is 1. The molecule has 0 radical (unpaired) electrons. The van der Waals surface area contributed by atoms with Gasteiger partial charge in [0.15, 0.2) is 6.61 Å². The Bertz CT molecular complexity index is 1090. The Hall–Kier alpha value is -3.75. The van der Waals surface area contributed by atoms with Gasteiger partial charge in [0.2, 0.25) is 5.78 Å². The number of rotatable bonds is 8. The Labute approximate surface area is 170 Å². The number of hydrogen-bond acceptors (Lipinski definition) is 5. The summed E-state index contributed by atoms with van der Waals surface area (Å²) in [6.45, 7) is -2.39. The lowest BCUT2D eigenvalue weighted by molar-refractivity contribution is -0.141. The first kappa shape index (κ1) is 21.0. The van der Waals surface area contributed by atoms with E-state index < -0.39 is 31.6 Å². The summed E-state index contributed by atoms with van der Waals surface area (Å²) in [5.74, 6) is -2.34. The lowest BCUT2D eigenvalue weighted by Crippen LogP contribution is -2.32. The van der Waals surface area contributed by atoms with E-state index in [9.17, 15) is 23.2 Å². The molecule has 0 bridgehead atoms. The van der Waals surface area contributed by atoms with E-state index in [0.717, 1.165) is 10.9 Å². The third kappa shape index (κ3) is 4.80. The molecule has 0 aliphatic rings. The molecule has 0 fully saturated rings. The third-order valence-corrected chi connectivity index (χ3v) is 4.28. The molecule has 2 aromatic carbocycles. The number of Topliss-reactive ketones (excluding diaryl/α,β-unsaturated/α-hetero) is 1. The Morgan fingerprint density at radius 1 is 1.07 bits per heavy atom. The van der Waals surface area contributed by atoms with Gasteiger partial charge >= 0.3 is 12.6 Å². The molecule has 156 valence electrons. The number of fused-ring (bicyclic) bond motifs is 1. The normalized spacial score (nSPS) is 10.8. The van der Waals surface area contributed by atoms with Gasteiger partial charge in [-0.3, -0.25) is 14.4 Å². The van der Waals surface area contributed by atoms with Crippen molar-refractivity contribution in [1.82, 2.24) is 10.3 Å². The highest BCUT2D eigenvalue weighted by Gasteiger charge is 2.19. The molecule has 3 rings (SSSR count). The fourth-order valence-electron chi connectivity index (χ4n) is 3.01. The standard InChI is InChI=1S/C21H18F2N2O5/c1-12-19(13-6-2-4-8-15(13)25-12)16(26)11-29-18(27)10-24-20(28)14-7-3-5-9-17(14)30-21(22)23/h2-9,21,25H,10-11H2,1H3,(H,24,28). The fraction of sp³-hybridized carbons (Fsp3) is 0.190. The van der Waals surface area contributed by atoms with E-state index in [0.29, 0.717) is 11.3 Å². The van der Waals surface area contributed by atoms with Crippen LogP contribution in [0.5, 0.6) is 5.75 Å². The summed E-state index contributed by atoms with van der Waals surface area (Å²) in [7, 11) is 0. The molecule has 0 aliphatic heterocycles. The molecule has 0 unspecified atom stereocenters. The number of esters is 1. The SMILES string of the molecule is Cc1[nH]c2ccccc2c1C(=O)COC(=O)CNC(=O)c1ccccc1OC(F)F. The van der Waals surface area contributed by atoms with Crippen molar-refractivity contribution in [3.8, 4) is 5.75 Å². The first-order valence-electron chi connectivity index (χ1n) is 8.95. The predicted octanol–water partition coefficient (Wildman–Crippen LogP) is 3.23. The predicted molar refractivity (Wildman–Crippen MR) is 104 cm³/mol. The topological polar surface area (TPSA) is 97.5 Å². The molecular weight excluding hydrogens is 398 g/mol. The highest BCUT2D eigenvalue weighted by atomic mass is 19.3. The summed E-state index contributed by atoms with van der Waals surface area (Å²) in [6.07, 6.45) is 0. The van der Waals surface area contributed by atoms with E-state index in [1.807, 2.05) is 12.1 Å². The number of carbonyl (C=O) groups excluding carboxylic acids is 3. The molecule has 0 spiro atoms. The van der Waals surface area contributed by atoms with E-state index in [4.69, 9.17) is 4.74 Å². The Kier molecular flexibility index (Phi) is 6.41. The first-order valence-corrected chi connectivity index (χ1v) is 8.95. The van der Waals surface area contributed by atoms with Crippen LogP contribution in [0.25, 0.3) is 10.9 Å². The number of ether oxygens (including phenoxy) is 2. The highest BCUT2D eigenvalue weighted by molar-refractivity contribution is 6.10. The molecule has 2 N–H and O–H groups in total. The van der Waals surface area contributed by atoms with Crippen LogP contribution in [-0.2, 0) is 9.53 Å². The van der Waals surface area contributed by atoms with Gasteiger partial charge in [-0.15, -0.1) is 0 Å². The van der Waals surface area contributed by atoms with Gasteiger partial charge < -0.3 is 19.8 Å². The maximum absolute atomic E-state index is 12.5. The van der Waals surface area contributed by atoms with Crippen molar-refractivity contribution in [2.75, 3.05) is 13.2 Å². The highest BCUT2D eigenvalue weighted by Crippen LogP contribution is 2.22. The molecule has 0 aliphatic carbocycles. The van der Waals surface area contributed by atoms with Gasteiger partial charge in [0.1, 0.15) is 12.3 Å². The van der Waals surface area contributed by atoms with E-state index in [1.54, 1.807) is 19.1 Å². The lowest BCUT2D eigenvalue weighted by atomic mass is 10.1. The van der Waals surface area contributed by atoms with Crippen molar-refractivity contribution in [3.63, 3.8) is 0 Å². The number of nitrogens with one attached hydrogen (secondary N) is 2. The van der Waals surface area contributed by atoms with Crippen LogP contribution in [0, 0.1) is 6.92 Å². The van der Waals surface area contributed by atoms with Gasteiger partial charge in [0, 0.05) is 22.2 Å². The summed E-state index contributed by atoms with van der Waals surface area (Å²) >= 11 is 0. The smallest absolute Gasteiger partial charge is 0.387 e. The Balaban J connectivity index is 1.56. The minimum atomic E-state index is -3.09. The Morgan fingerprint density at radius 3 is 2.53 bits per heavy atom. The minimum Gasteiger partial charge on any atom is -0.456 e. The van der Waals surface area contributed by atoms with Crippen molar-refractivity contribution < 1.29 is 32.6 Å². The van der Waals surface area contributed by atoms with Crippen LogP contribution in [0.15, 0.2) is 48.5 Å². The zero-order chi connectivity index (χ0) is 21.7. The summed E-state index contributed by atoms with van der Waals surface area (Å²) in [5.41, 5.74) is 1.72. The molecular formula is C21H18F2N2O5. The quantitative estimate of drug-likeness (QED) is 0.434. The van der Waals surface area contributed by atoms with Gasteiger partial charge in [0.25, 0.3) is 5.91 Å². The number of hydrogen-bond donors (Lipinski definition) is 2. The largest absolute Gasteiger partial charge is 0.456 e. The maximum Gasteiger partial charge on any atom is 0.387 e. The number of alkyl halides is 2. The molecule has 1 aromatic heterocycles. The van der Waals surface area contributed by atoms with Crippen LogP contribution in [-0.4, -0.2) is 42.4 Å². The minimum absolute atomic E-state index is 0.156. The van der Waals surface area contributed by atoms with E-state index in [-0.39, 0.29) is 17.1 Å². The van der Waals surface area contributed by atoms with Crippen molar-refractivity contribution in [3.05, 3.63) is 65.4 Å². The van der Waals surface area contributed by atoms with Crippen molar-refractivity contribution in [2.45, 2.75) is 13.5 Å². The number of para-hydroxylation sites is 2. The average molecular weight is 416 g/mol. The number of benzene rings is 2. The van der Waals surface area contributed by atoms with Crippen molar-refractivity contribution >= 4 is 28.6 Å². The fourth-order valence-corrected chi connectivity index (χ4v) is 3.01. The number of ketones is 1. The van der Waals surface area contributed by atoms with Crippen LogP contribution in [0.2, 0.25) is 0 Å². The van der Waals surface area contributed by atoms with Gasteiger partial charge in [-0.2, -0.15) is 8.78 Å². The number of H-pyrrole nitrogens is 1. The second kappa shape index (κ2) is 9.17. The number of carbonyl (C=O) groups is 3. The number of amides is 1. The van der Waals surface area contributed by atoms with Crippen LogP contribution in [0.4, 0.5) is 8.78 Å². The van der Waals surface area contributed by atoms with E-state index in [2.05, 4.69) is 15.0 Å². The van der Waals surface area contributed by atoms with Crippen LogP contribution in [0.3, 0.4) is 0 Å². The molecule has 7 nitrogen and oxygen atoms in total. The lowest BCUT2D eigenvalue weighted by Gasteiger charge is -2.10. The van der Waals surface area contributed by atoms with Gasteiger partial charge in [0.05, 0.1) is 5.56 Å². The average Bonchev–Trinajstić information content (AvgIpc) is 3.06. The Morgan fingerprint density at radius 2 is 1.77 bits per heavy atom. The summed E-state index contributed by atoms with van der Waals surface area (Å²) < 4.78 is 34.1. The van der Waals surface area contributed by atoms with Crippen molar-refractivity contribution in [1.29, 1.82) is 0 Å². The molecule has 1 heterocycles. The van der Waals surface area contributed by atoms with E-state index in [1.165, 1.54) is 24.3 Å². The summed E-state index contributed by atoms with van der Waals surface area (Å²) in [5, 5.41) is 2.98. The molecule has 0 saturated carbocycles. The molecule has 3 aromatic rings. The van der Waals surface area contributed by atoms with Gasteiger partial charge in [-0.1, -0.05) is 30.3 Å². The molecule has 0 saturated heterocycles. The van der Waals surface area contributed by atoms with Gasteiger partial charge in [-0.05, 0) is 25.1 Å². The van der Waals surface area contributed by atoms with Crippen LogP contribution >= 0.6 is 0 Å². The molecule has 30 heavy (non-hydrogen) atoms. The zero-order valence-corrected chi connectivity index (χ0v) is 15.9. The van der Waals surface area contributed by atoms with Crippen molar-refractivity contribution in [2.24, 2.45) is 0 Å². The molecule has 1 amide bonds. The number of aromatic amines is 1. The third-order valence-electron chi connectivity index (χ3n) is 4.28. The maximum atomic E-state index is 12.5. The van der Waals surface area contributed by atoms with Gasteiger partial charge in [-0.25, -0.2) is 0 Å².